The molecule has 1 amide bonds. The normalized spacial score (nSPS) is 10.5. The molecule has 0 bridgehead atoms. The lowest BCUT2D eigenvalue weighted by Gasteiger charge is -2.09. The molecule has 0 aliphatic carbocycles. The van der Waals surface area contributed by atoms with Crippen molar-refractivity contribution in [1.29, 1.82) is 0 Å². The summed E-state index contributed by atoms with van der Waals surface area (Å²) in [7, 11) is 1.62. The standard InChI is InChI=1S/C14H17ClN4O3/c1-9-7-10(15)3-4-11(9)22-8-13(20)16-6-5-12-17-18-14(21)19(12)2/h3-4,7H,5-6,8H2,1-2H3,(H,16,20)(H,18,21). The van der Waals surface area contributed by atoms with Gasteiger partial charge in [0.2, 0.25) is 0 Å². The molecule has 8 heteroatoms. The van der Waals surface area contributed by atoms with Crippen molar-refractivity contribution in [1.82, 2.24) is 20.1 Å². The molecular formula is C14H17ClN4O3. The van der Waals surface area contributed by atoms with Gasteiger partial charge in [0, 0.05) is 25.0 Å². The van der Waals surface area contributed by atoms with Gasteiger partial charge in [0.15, 0.2) is 6.61 Å². The molecule has 0 radical (unpaired) electrons. The highest BCUT2D eigenvalue weighted by molar-refractivity contribution is 6.30. The molecule has 2 aromatic rings. The molecule has 2 N–H and O–H groups in total. The quantitative estimate of drug-likeness (QED) is 0.823. The van der Waals surface area contributed by atoms with Crippen LogP contribution in [0.25, 0.3) is 0 Å². The number of nitrogens with zero attached hydrogens (tertiary/aromatic N) is 2. The van der Waals surface area contributed by atoms with Crippen LogP contribution < -0.4 is 15.7 Å². The fourth-order valence-electron chi connectivity index (χ4n) is 1.89. The number of carbonyl (C=O) groups is 1. The van der Waals surface area contributed by atoms with E-state index in [2.05, 4.69) is 15.5 Å². The monoisotopic (exact) mass is 324 g/mol. The highest BCUT2D eigenvalue weighted by Crippen LogP contribution is 2.21. The Bertz CT molecular complexity index is 723. The summed E-state index contributed by atoms with van der Waals surface area (Å²) in [6.07, 6.45) is 0.459. The number of amides is 1. The molecule has 1 heterocycles. The number of aromatic nitrogens is 3. The molecule has 1 aromatic carbocycles. The largest absolute Gasteiger partial charge is 0.484 e. The highest BCUT2D eigenvalue weighted by Gasteiger charge is 2.07. The third kappa shape index (κ3) is 4.11. The topological polar surface area (TPSA) is 89.0 Å². The molecule has 22 heavy (non-hydrogen) atoms. The van der Waals surface area contributed by atoms with Gasteiger partial charge in [-0.1, -0.05) is 11.6 Å². The molecule has 118 valence electrons. The predicted molar refractivity (Wildman–Crippen MR) is 82.2 cm³/mol. The number of aromatic amines is 1. The van der Waals surface area contributed by atoms with Crippen molar-refractivity contribution >= 4 is 17.5 Å². The van der Waals surface area contributed by atoms with Gasteiger partial charge in [-0.15, -0.1) is 0 Å². The fourth-order valence-corrected chi connectivity index (χ4v) is 2.11. The van der Waals surface area contributed by atoms with Crippen LogP contribution in [0.1, 0.15) is 11.4 Å². The molecular weight excluding hydrogens is 308 g/mol. The zero-order valence-corrected chi connectivity index (χ0v) is 13.1. The van der Waals surface area contributed by atoms with Gasteiger partial charge in [-0.3, -0.25) is 9.36 Å². The minimum atomic E-state index is -0.275. The molecule has 0 unspecified atom stereocenters. The maximum atomic E-state index is 11.7. The van der Waals surface area contributed by atoms with Crippen molar-refractivity contribution < 1.29 is 9.53 Å². The number of carbonyl (C=O) groups excluding carboxylic acids is 1. The number of ether oxygens (including phenoxy) is 1. The second-order valence-corrected chi connectivity index (χ2v) is 5.24. The van der Waals surface area contributed by atoms with Gasteiger partial charge >= 0.3 is 5.69 Å². The number of halogens is 1. The van der Waals surface area contributed by atoms with Crippen molar-refractivity contribution in [2.45, 2.75) is 13.3 Å². The van der Waals surface area contributed by atoms with E-state index < -0.39 is 0 Å². The lowest BCUT2D eigenvalue weighted by Crippen LogP contribution is -2.31. The predicted octanol–water partition coefficient (Wildman–Crippen LogP) is 0.808. The molecule has 0 atom stereocenters. The third-order valence-electron chi connectivity index (χ3n) is 3.14. The van der Waals surface area contributed by atoms with Crippen LogP contribution in [-0.2, 0) is 18.3 Å². The average Bonchev–Trinajstić information content (AvgIpc) is 2.78. The van der Waals surface area contributed by atoms with Crippen LogP contribution in [0.4, 0.5) is 0 Å². The van der Waals surface area contributed by atoms with Crippen LogP contribution in [0.15, 0.2) is 23.0 Å². The molecule has 0 aliphatic rings. The number of benzene rings is 1. The van der Waals surface area contributed by atoms with Crippen LogP contribution in [0, 0.1) is 6.92 Å². The Kier molecular flexibility index (Phi) is 5.21. The first-order chi connectivity index (χ1) is 10.5. The second kappa shape index (κ2) is 7.13. The van der Waals surface area contributed by atoms with E-state index in [1.165, 1.54) is 4.57 Å². The lowest BCUT2D eigenvalue weighted by molar-refractivity contribution is -0.123. The van der Waals surface area contributed by atoms with Crippen molar-refractivity contribution in [3.05, 3.63) is 45.1 Å². The van der Waals surface area contributed by atoms with E-state index in [1.807, 2.05) is 6.92 Å². The van der Waals surface area contributed by atoms with Crippen LogP contribution in [0.3, 0.4) is 0 Å². The smallest absolute Gasteiger partial charge is 0.343 e. The summed E-state index contributed by atoms with van der Waals surface area (Å²) in [5.41, 5.74) is 0.592. The van der Waals surface area contributed by atoms with E-state index in [-0.39, 0.29) is 18.2 Å². The Morgan fingerprint density at radius 1 is 1.50 bits per heavy atom. The fraction of sp³-hybridized carbons (Fsp3) is 0.357. The maximum Gasteiger partial charge on any atom is 0.343 e. The van der Waals surface area contributed by atoms with Crippen molar-refractivity contribution in [3.63, 3.8) is 0 Å². The zero-order chi connectivity index (χ0) is 16.1. The number of hydrogen-bond acceptors (Lipinski definition) is 4. The number of hydrogen-bond donors (Lipinski definition) is 2. The minimum absolute atomic E-state index is 0.0814. The summed E-state index contributed by atoms with van der Waals surface area (Å²) in [5.74, 6) is 0.962. The van der Waals surface area contributed by atoms with Gasteiger partial charge in [0.05, 0.1) is 0 Å². The molecule has 0 saturated heterocycles. The highest BCUT2D eigenvalue weighted by atomic mass is 35.5. The van der Waals surface area contributed by atoms with Gasteiger partial charge < -0.3 is 10.1 Å². The SMILES string of the molecule is Cc1cc(Cl)ccc1OCC(=O)NCCc1n[nH]c(=O)n1C. The summed E-state index contributed by atoms with van der Waals surface area (Å²) < 4.78 is 6.84. The van der Waals surface area contributed by atoms with E-state index in [4.69, 9.17) is 16.3 Å². The zero-order valence-electron chi connectivity index (χ0n) is 12.4. The van der Waals surface area contributed by atoms with Crippen LogP contribution >= 0.6 is 11.6 Å². The molecule has 2 rings (SSSR count). The Balaban J connectivity index is 1.76. The Labute approximate surface area is 132 Å². The third-order valence-corrected chi connectivity index (χ3v) is 3.37. The molecule has 1 aromatic heterocycles. The molecule has 7 nitrogen and oxygen atoms in total. The Morgan fingerprint density at radius 3 is 2.91 bits per heavy atom. The first-order valence-electron chi connectivity index (χ1n) is 6.73. The van der Waals surface area contributed by atoms with Crippen molar-refractivity contribution in [2.24, 2.45) is 7.05 Å². The molecule has 0 spiro atoms. The van der Waals surface area contributed by atoms with Crippen molar-refractivity contribution in [2.75, 3.05) is 13.2 Å². The van der Waals surface area contributed by atoms with Gasteiger partial charge in [-0.05, 0) is 30.7 Å². The van der Waals surface area contributed by atoms with E-state index in [0.29, 0.717) is 29.6 Å². The first-order valence-corrected chi connectivity index (χ1v) is 7.11. The van der Waals surface area contributed by atoms with E-state index in [1.54, 1.807) is 25.2 Å². The summed E-state index contributed by atoms with van der Waals surface area (Å²) in [4.78, 5) is 22.9. The summed E-state index contributed by atoms with van der Waals surface area (Å²) in [5, 5.41) is 9.53. The van der Waals surface area contributed by atoms with Crippen LogP contribution in [0.2, 0.25) is 5.02 Å². The second-order valence-electron chi connectivity index (χ2n) is 4.80. The van der Waals surface area contributed by atoms with Gasteiger partial charge in [-0.2, -0.15) is 5.10 Å². The van der Waals surface area contributed by atoms with E-state index >= 15 is 0 Å². The van der Waals surface area contributed by atoms with Crippen LogP contribution in [-0.4, -0.2) is 33.8 Å². The van der Waals surface area contributed by atoms with Gasteiger partial charge in [0.25, 0.3) is 5.91 Å². The van der Waals surface area contributed by atoms with E-state index in [0.717, 1.165) is 5.56 Å². The Hall–Kier alpha value is -2.28. The minimum Gasteiger partial charge on any atom is -0.484 e. The maximum absolute atomic E-state index is 11.7. The number of aryl methyl sites for hydroxylation is 1. The summed E-state index contributed by atoms with van der Waals surface area (Å²) >= 11 is 5.85. The average molecular weight is 325 g/mol. The molecule has 0 saturated carbocycles. The Morgan fingerprint density at radius 2 is 2.27 bits per heavy atom. The molecule has 0 fully saturated rings. The summed E-state index contributed by atoms with van der Waals surface area (Å²) in [6.45, 7) is 2.15. The van der Waals surface area contributed by atoms with Crippen molar-refractivity contribution in [3.8, 4) is 5.75 Å². The molecule has 0 aliphatic heterocycles. The number of H-pyrrole nitrogens is 1. The summed E-state index contributed by atoms with van der Waals surface area (Å²) in [6, 6.07) is 5.21. The van der Waals surface area contributed by atoms with Gasteiger partial charge in [0.1, 0.15) is 11.6 Å². The van der Waals surface area contributed by atoms with Gasteiger partial charge in [-0.25, -0.2) is 9.89 Å². The van der Waals surface area contributed by atoms with E-state index in [9.17, 15) is 9.59 Å². The first kappa shape index (κ1) is 16.1. The number of rotatable bonds is 6. The number of nitrogens with one attached hydrogen (secondary N) is 2. The lowest BCUT2D eigenvalue weighted by atomic mass is 10.2. The van der Waals surface area contributed by atoms with Crippen LogP contribution in [0.5, 0.6) is 5.75 Å².